The van der Waals surface area contributed by atoms with Crippen LogP contribution in [0.2, 0.25) is 0 Å². The van der Waals surface area contributed by atoms with Crippen molar-refractivity contribution in [2.24, 2.45) is 0 Å². The molecule has 0 radical (unpaired) electrons. The van der Waals surface area contributed by atoms with Crippen molar-refractivity contribution in [3.05, 3.63) is 24.0 Å². The topological polar surface area (TPSA) is 28.7 Å². The average molecular weight is 106 g/mol. The molecule has 1 aromatic heterocycles. The Balaban J connectivity index is 3.05. The Morgan fingerprint density at radius 1 is 1.75 bits per heavy atom. The van der Waals surface area contributed by atoms with E-state index < -0.39 is 0 Å². The average Bonchev–Trinajstić information content (AvgIpc) is 2.14. The Labute approximate surface area is 48.0 Å². The number of hydrogen-bond acceptors (Lipinski definition) is 1. The van der Waals surface area contributed by atoms with Crippen molar-refractivity contribution in [3.8, 4) is 6.19 Å². The van der Waals surface area contributed by atoms with Crippen LogP contribution in [0.15, 0.2) is 18.5 Å². The number of hydrogen-bond donors (Lipinski definition) is 0. The first-order chi connectivity index (χ1) is 3.83. The number of aromatic nitrogens is 1. The first-order valence-electron chi connectivity index (χ1n) is 2.37. The fourth-order valence-corrected chi connectivity index (χ4v) is 0.566. The van der Waals surface area contributed by atoms with E-state index >= 15 is 0 Å². The van der Waals surface area contributed by atoms with Crippen LogP contribution in [0.25, 0.3) is 0 Å². The van der Waals surface area contributed by atoms with Crippen molar-refractivity contribution in [1.82, 2.24) is 4.57 Å². The maximum Gasteiger partial charge on any atom is 0.188 e. The molecule has 0 N–H and O–H groups in total. The molecule has 0 unspecified atom stereocenters. The van der Waals surface area contributed by atoms with Gasteiger partial charge in [0.05, 0.1) is 0 Å². The predicted molar refractivity (Wildman–Crippen MR) is 30.2 cm³/mol. The van der Waals surface area contributed by atoms with E-state index in [-0.39, 0.29) is 0 Å². The summed E-state index contributed by atoms with van der Waals surface area (Å²) in [5.74, 6) is 0. The van der Waals surface area contributed by atoms with E-state index in [1.54, 1.807) is 12.4 Å². The van der Waals surface area contributed by atoms with Crippen molar-refractivity contribution in [1.29, 1.82) is 5.26 Å². The van der Waals surface area contributed by atoms with Gasteiger partial charge in [-0.2, -0.15) is 5.26 Å². The van der Waals surface area contributed by atoms with E-state index in [0.717, 1.165) is 5.56 Å². The lowest BCUT2D eigenvalue weighted by Crippen LogP contribution is -1.77. The highest BCUT2D eigenvalue weighted by Gasteiger charge is 1.84. The molecule has 0 amide bonds. The molecular weight excluding hydrogens is 100 g/mol. The summed E-state index contributed by atoms with van der Waals surface area (Å²) in [6.45, 7) is 1.95. The fourth-order valence-electron chi connectivity index (χ4n) is 0.566. The van der Waals surface area contributed by atoms with Gasteiger partial charge in [0.25, 0.3) is 0 Å². The van der Waals surface area contributed by atoms with Crippen LogP contribution in [0, 0.1) is 18.4 Å². The Morgan fingerprint density at radius 2 is 2.50 bits per heavy atom. The van der Waals surface area contributed by atoms with Gasteiger partial charge in [-0.1, -0.05) is 0 Å². The molecule has 2 heteroatoms. The summed E-state index contributed by atoms with van der Waals surface area (Å²) in [7, 11) is 0. The maximum atomic E-state index is 8.26. The summed E-state index contributed by atoms with van der Waals surface area (Å²) < 4.78 is 1.47. The van der Waals surface area contributed by atoms with E-state index in [9.17, 15) is 0 Å². The summed E-state index contributed by atoms with van der Waals surface area (Å²) in [6.07, 6.45) is 5.47. The van der Waals surface area contributed by atoms with Crippen LogP contribution < -0.4 is 0 Å². The van der Waals surface area contributed by atoms with E-state index in [0.29, 0.717) is 0 Å². The van der Waals surface area contributed by atoms with E-state index in [4.69, 9.17) is 5.26 Å². The second-order valence-electron chi connectivity index (χ2n) is 1.70. The lowest BCUT2D eigenvalue weighted by molar-refractivity contribution is 1.10. The highest BCUT2D eigenvalue weighted by molar-refractivity contribution is 5.10. The first kappa shape index (κ1) is 4.92. The molecule has 1 aromatic rings. The van der Waals surface area contributed by atoms with Gasteiger partial charge in [-0.3, -0.25) is 4.57 Å². The van der Waals surface area contributed by atoms with Crippen molar-refractivity contribution >= 4 is 0 Å². The summed E-state index contributed by atoms with van der Waals surface area (Å²) in [5.41, 5.74) is 1.12. The van der Waals surface area contributed by atoms with Crippen LogP contribution in [-0.4, -0.2) is 4.57 Å². The molecule has 40 valence electrons. The Kier molecular flexibility index (Phi) is 1.05. The van der Waals surface area contributed by atoms with E-state index in [1.807, 2.05) is 19.2 Å². The van der Waals surface area contributed by atoms with Gasteiger partial charge in [-0.25, -0.2) is 0 Å². The molecule has 1 rings (SSSR count). The normalized spacial score (nSPS) is 8.50. The van der Waals surface area contributed by atoms with Crippen LogP contribution in [-0.2, 0) is 0 Å². The second kappa shape index (κ2) is 1.71. The minimum absolute atomic E-state index is 1.12. The lowest BCUT2D eigenvalue weighted by atomic mass is 10.4. The number of nitriles is 1. The van der Waals surface area contributed by atoms with Crippen LogP contribution in [0.3, 0.4) is 0 Å². The molecule has 0 bridgehead atoms. The molecule has 0 saturated carbocycles. The van der Waals surface area contributed by atoms with Crippen molar-refractivity contribution in [2.75, 3.05) is 0 Å². The summed E-state index contributed by atoms with van der Waals surface area (Å²) in [6, 6.07) is 1.89. The molecule has 1 heterocycles. The van der Waals surface area contributed by atoms with Gasteiger partial charge in [0.15, 0.2) is 6.19 Å². The van der Waals surface area contributed by atoms with Gasteiger partial charge < -0.3 is 0 Å². The van der Waals surface area contributed by atoms with Crippen molar-refractivity contribution < 1.29 is 0 Å². The van der Waals surface area contributed by atoms with Crippen LogP contribution in [0.5, 0.6) is 0 Å². The number of nitrogens with zero attached hydrogens (tertiary/aromatic N) is 2. The van der Waals surface area contributed by atoms with Crippen LogP contribution >= 0.6 is 0 Å². The highest BCUT2D eigenvalue weighted by atomic mass is 14.9. The van der Waals surface area contributed by atoms with Crippen molar-refractivity contribution in [3.63, 3.8) is 0 Å². The molecule has 0 atom stereocenters. The maximum absolute atomic E-state index is 8.26. The minimum Gasteiger partial charge on any atom is -0.262 e. The molecule has 0 fully saturated rings. The zero-order valence-corrected chi connectivity index (χ0v) is 4.63. The fraction of sp³-hybridized carbons (Fsp3) is 0.167. The third kappa shape index (κ3) is 0.710. The summed E-state index contributed by atoms with van der Waals surface area (Å²) in [5, 5.41) is 8.26. The molecule has 0 aliphatic carbocycles. The van der Waals surface area contributed by atoms with Gasteiger partial charge >= 0.3 is 0 Å². The highest BCUT2D eigenvalue weighted by Crippen LogP contribution is 1.94. The quantitative estimate of drug-likeness (QED) is 0.487. The van der Waals surface area contributed by atoms with Gasteiger partial charge in [-0.15, -0.1) is 0 Å². The van der Waals surface area contributed by atoms with Crippen molar-refractivity contribution in [2.45, 2.75) is 6.92 Å². The molecule has 0 spiro atoms. The molecule has 0 aliphatic heterocycles. The van der Waals surface area contributed by atoms with Gasteiger partial charge in [0.1, 0.15) is 0 Å². The molecule has 2 nitrogen and oxygen atoms in total. The smallest absolute Gasteiger partial charge is 0.188 e. The van der Waals surface area contributed by atoms with Gasteiger partial charge in [-0.05, 0) is 18.6 Å². The monoisotopic (exact) mass is 106 g/mol. The SMILES string of the molecule is Cc1ccn(C#N)c1. The molecule has 0 aromatic carbocycles. The second-order valence-corrected chi connectivity index (χ2v) is 1.70. The predicted octanol–water partition coefficient (Wildman–Crippen LogP) is 1.13. The van der Waals surface area contributed by atoms with Crippen LogP contribution in [0.1, 0.15) is 5.56 Å². The van der Waals surface area contributed by atoms with Crippen LogP contribution in [0.4, 0.5) is 0 Å². The first-order valence-corrected chi connectivity index (χ1v) is 2.37. The zero-order chi connectivity index (χ0) is 5.98. The Morgan fingerprint density at radius 3 is 2.75 bits per heavy atom. The third-order valence-corrected chi connectivity index (χ3v) is 0.956. The molecule has 8 heavy (non-hydrogen) atoms. The minimum atomic E-state index is 1.12. The largest absolute Gasteiger partial charge is 0.262 e. The number of aryl methyl sites for hydroxylation is 1. The third-order valence-electron chi connectivity index (χ3n) is 0.956. The standard InChI is InChI=1S/C6H6N2/c1-6-2-3-8(4-6)5-7/h2-4H,1H3. The van der Waals surface area contributed by atoms with Gasteiger partial charge in [0.2, 0.25) is 0 Å². The lowest BCUT2D eigenvalue weighted by Gasteiger charge is -1.76. The Hall–Kier alpha value is -1.23. The Bertz CT molecular complexity index is 217. The van der Waals surface area contributed by atoms with E-state index in [2.05, 4.69) is 0 Å². The van der Waals surface area contributed by atoms with E-state index in [1.165, 1.54) is 4.57 Å². The summed E-state index contributed by atoms with van der Waals surface area (Å²) >= 11 is 0. The molecule has 0 saturated heterocycles. The number of rotatable bonds is 0. The zero-order valence-electron chi connectivity index (χ0n) is 4.63. The molecular formula is C6H6N2. The molecule has 0 aliphatic rings. The van der Waals surface area contributed by atoms with Gasteiger partial charge in [0, 0.05) is 12.4 Å². The summed E-state index contributed by atoms with van der Waals surface area (Å²) in [4.78, 5) is 0.